The molecule has 0 aliphatic carbocycles. The van der Waals surface area contributed by atoms with Crippen LogP contribution in [-0.2, 0) is 4.79 Å². The van der Waals surface area contributed by atoms with Gasteiger partial charge in [-0.1, -0.05) is 29.3 Å². The number of hydrogen-bond acceptors (Lipinski definition) is 4. The molecule has 6 nitrogen and oxygen atoms in total. The van der Waals surface area contributed by atoms with Gasteiger partial charge in [-0.2, -0.15) is 0 Å². The molecule has 2 aromatic rings. The van der Waals surface area contributed by atoms with Gasteiger partial charge in [0.2, 0.25) is 11.8 Å². The highest BCUT2D eigenvalue weighted by Crippen LogP contribution is 2.22. The lowest BCUT2D eigenvalue weighted by Gasteiger charge is -2.10. The van der Waals surface area contributed by atoms with Crippen molar-refractivity contribution in [3.05, 3.63) is 51.6 Å². The monoisotopic (exact) mass is 381 g/mol. The normalized spacial score (nSPS) is 10.2. The van der Waals surface area contributed by atoms with Gasteiger partial charge < -0.3 is 15.4 Å². The van der Waals surface area contributed by atoms with Crippen LogP contribution >= 0.6 is 23.2 Å². The Morgan fingerprint density at radius 2 is 1.92 bits per heavy atom. The Balaban J connectivity index is 1.97. The quantitative estimate of drug-likeness (QED) is 0.802. The summed E-state index contributed by atoms with van der Waals surface area (Å²) in [5, 5.41) is 5.68. The summed E-state index contributed by atoms with van der Waals surface area (Å²) in [6.45, 7) is 3.86. The van der Waals surface area contributed by atoms with Gasteiger partial charge in [-0.15, -0.1) is 0 Å². The average molecular weight is 382 g/mol. The van der Waals surface area contributed by atoms with E-state index in [0.29, 0.717) is 17.3 Å². The third kappa shape index (κ3) is 5.34. The van der Waals surface area contributed by atoms with Crippen LogP contribution in [0.15, 0.2) is 30.3 Å². The Hall–Kier alpha value is -2.31. The molecule has 2 amide bonds. The molecule has 1 aromatic heterocycles. The molecule has 1 heterocycles. The fraction of sp³-hybridized carbons (Fsp3) is 0.235. The first kappa shape index (κ1) is 19.0. The third-order valence-corrected chi connectivity index (χ3v) is 3.75. The number of ether oxygens (including phenoxy) is 1. The maximum atomic E-state index is 12.2. The van der Waals surface area contributed by atoms with E-state index in [4.69, 9.17) is 27.9 Å². The van der Waals surface area contributed by atoms with Crippen LogP contribution in [0, 0.1) is 6.92 Å². The second-order valence-electron chi connectivity index (χ2n) is 5.13. The Bertz CT molecular complexity index is 797. The summed E-state index contributed by atoms with van der Waals surface area (Å²) in [5.41, 5.74) is 1.45. The molecule has 0 saturated carbocycles. The molecular formula is C17H17Cl2N3O3. The summed E-state index contributed by atoms with van der Waals surface area (Å²) in [5.74, 6) is -0.708. The lowest BCUT2D eigenvalue weighted by atomic mass is 10.2. The first-order chi connectivity index (χ1) is 11.9. The Kier molecular flexibility index (Phi) is 6.61. The summed E-state index contributed by atoms with van der Waals surface area (Å²) >= 11 is 12.0. The molecule has 2 N–H and O–H groups in total. The molecule has 0 aliphatic heterocycles. The molecular weight excluding hydrogens is 365 g/mol. The van der Waals surface area contributed by atoms with Crippen molar-refractivity contribution in [2.24, 2.45) is 0 Å². The maximum Gasteiger partial charge on any atom is 0.272 e. The molecule has 0 bridgehead atoms. The fourth-order valence-electron chi connectivity index (χ4n) is 1.97. The molecule has 0 unspecified atom stereocenters. The Morgan fingerprint density at radius 1 is 1.16 bits per heavy atom. The van der Waals surface area contributed by atoms with Crippen molar-refractivity contribution in [1.29, 1.82) is 0 Å². The van der Waals surface area contributed by atoms with Crippen LogP contribution in [0.4, 0.5) is 5.69 Å². The van der Waals surface area contributed by atoms with Gasteiger partial charge in [-0.3, -0.25) is 9.59 Å². The number of anilines is 1. The van der Waals surface area contributed by atoms with E-state index in [1.165, 1.54) is 6.07 Å². The summed E-state index contributed by atoms with van der Waals surface area (Å²) in [6.07, 6.45) is 0. The maximum absolute atomic E-state index is 12.2. The smallest absolute Gasteiger partial charge is 0.272 e. The van der Waals surface area contributed by atoms with Crippen molar-refractivity contribution in [2.45, 2.75) is 13.8 Å². The summed E-state index contributed by atoms with van der Waals surface area (Å²) in [4.78, 5) is 28.2. The van der Waals surface area contributed by atoms with Crippen LogP contribution in [0.25, 0.3) is 0 Å². The molecule has 2 rings (SSSR count). The number of aromatic nitrogens is 1. The molecule has 0 atom stereocenters. The topological polar surface area (TPSA) is 80.3 Å². The molecule has 25 heavy (non-hydrogen) atoms. The lowest BCUT2D eigenvalue weighted by Crippen LogP contribution is -2.33. The van der Waals surface area contributed by atoms with Crippen molar-refractivity contribution in [3.8, 4) is 5.88 Å². The lowest BCUT2D eigenvalue weighted by molar-refractivity contribution is -0.115. The zero-order chi connectivity index (χ0) is 18.4. The molecule has 0 spiro atoms. The van der Waals surface area contributed by atoms with Crippen molar-refractivity contribution in [2.75, 3.05) is 18.5 Å². The zero-order valence-corrected chi connectivity index (χ0v) is 15.2. The van der Waals surface area contributed by atoms with Crippen molar-refractivity contribution < 1.29 is 14.3 Å². The zero-order valence-electron chi connectivity index (χ0n) is 13.7. The number of amides is 2. The predicted molar refractivity (Wildman–Crippen MR) is 97.6 cm³/mol. The molecule has 1 aromatic carbocycles. The number of nitrogens with one attached hydrogen (secondary N) is 2. The number of aryl methyl sites for hydroxylation is 1. The number of hydrogen-bond donors (Lipinski definition) is 2. The SMILES string of the molecule is CCOc1ccc(Cl)c(C(=O)NCC(=O)Nc2ccc(C)cc2Cl)n1. The number of carbonyl (C=O) groups is 2. The molecule has 132 valence electrons. The summed E-state index contributed by atoms with van der Waals surface area (Å²) < 4.78 is 5.24. The van der Waals surface area contributed by atoms with E-state index in [2.05, 4.69) is 15.6 Å². The highest BCUT2D eigenvalue weighted by molar-refractivity contribution is 6.34. The Labute approximate surface area is 155 Å². The van der Waals surface area contributed by atoms with Crippen LogP contribution < -0.4 is 15.4 Å². The number of carbonyl (C=O) groups excluding carboxylic acids is 2. The van der Waals surface area contributed by atoms with E-state index in [0.717, 1.165) is 5.56 Å². The van der Waals surface area contributed by atoms with Crippen LogP contribution in [0.1, 0.15) is 23.0 Å². The number of pyridine rings is 1. The number of benzene rings is 1. The van der Waals surface area contributed by atoms with Crippen LogP contribution in [0.2, 0.25) is 10.0 Å². The number of rotatable bonds is 6. The van der Waals surface area contributed by atoms with Crippen molar-refractivity contribution in [3.63, 3.8) is 0 Å². The average Bonchev–Trinajstić information content (AvgIpc) is 2.57. The summed E-state index contributed by atoms with van der Waals surface area (Å²) in [7, 11) is 0. The van der Waals surface area contributed by atoms with E-state index in [1.54, 1.807) is 25.1 Å². The second-order valence-corrected chi connectivity index (χ2v) is 5.94. The molecule has 0 aliphatic rings. The van der Waals surface area contributed by atoms with Gasteiger partial charge in [0, 0.05) is 6.07 Å². The number of nitrogens with zero attached hydrogens (tertiary/aromatic N) is 1. The van der Waals surface area contributed by atoms with Gasteiger partial charge in [0.05, 0.1) is 28.9 Å². The van der Waals surface area contributed by atoms with Crippen LogP contribution in [0.5, 0.6) is 5.88 Å². The number of halogens is 2. The molecule has 8 heteroatoms. The minimum atomic E-state index is -0.572. The van der Waals surface area contributed by atoms with E-state index in [1.807, 2.05) is 13.0 Å². The van der Waals surface area contributed by atoms with Crippen LogP contribution in [0.3, 0.4) is 0 Å². The molecule has 0 fully saturated rings. The Morgan fingerprint density at radius 3 is 2.60 bits per heavy atom. The van der Waals surface area contributed by atoms with Crippen molar-refractivity contribution in [1.82, 2.24) is 10.3 Å². The van der Waals surface area contributed by atoms with Gasteiger partial charge in [-0.05, 0) is 37.6 Å². The standard InChI is InChI=1S/C17H17Cl2N3O3/c1-3-25-15-7-5-11(18)16(22-15)17(24)20-9-14(23)21-13-6-4-10(2)8-12(13)19/h4-8H,3,9H2,1-2H3,(H,20,24)(H,21,23). The predicted octanol–water partition coefficient (Wildman–Crippen LogP) is 3.46. The first-order valence-corrected chi connectivity index (χ1v) is 8.30. The van der Waals surface area contributed by atoms with E-state index < -0.39 is 11.8 Å². The minimum absolute atomic E-state index is 0.00575. The first-order valence-electron chi connectivity index (χ1n) is 7.54. The van der Waals surface area contributed by atoms with Crippen molar-refractivity contribution >= 4 is 40.7 Å². The van der Waals surface area contributed by atoms with Crippen LogP contribution in [-0.4, -0.2) is 29.9 Å². The van der Waals surface area contributed by atoms with Gasteiger partial charge >= 0.3 is 0 Å². The highest BCUT2D eigenvalue weighted by Gasteiger charge is 2.15. The third-order valence-electron chi connectivity index (χ3n) is 3.14. The van der Waals surface area contributed by atoms with E-state index in [-0.39, 0.29) is 23.1 Å². The van der Waals surface area contributed by atoms with Gasteiger partial charge in [0.1, 0.15) is 0 Å². The summed E-state index contributed by atoms with van der Waals surface area (Å²) in [6, 6.07) is 8.33. The van der Waals surface area contributed by atoms with E-state index in [9.17, 15) is 9.59 Å². The second kappa shape index (κ2) is 8.69. The van der Waals surface area contributed by atoms with Gasteiger partial charge in [0.15, 0.2) is 5.69 Å². The largest absolute Gasteiger partial charge is 0.478 e. The van der Waals surface area contributed by atoms with E-state index >= 15 is 0 Å². The molecule has 0 saturated heterocycles. The fourth-order valence-corrected chi connectivity index (χ4v) is 2.45. The van der Waals surface area contributed by atoms with Gasteiger partial charge in [0.25, 0.3) is 5.91 Å². The van der Waals surface area contributed by atoms with Gasteiger partial charge in [-0.25, -0.2) is 4.98 Å². The molecule has 0 radical (unpaired) electrons. The highest BCUT2D eigenvalue weighted by atomic mass is 35.5. The minimum Gasteiger partial charge on any atom is -0.478 e.